The first-order valence-electron chi connectivity index (χ1n) is 8.03. The molecule has 0 unspecified atom stereocenters. The summed E-state index contributed by atoms with van der Waals surface area (Å²) in [6.45, 7) is 6.52. The molecule has 0 aliphatic carbocycles. The number of amides is 1. The van der Waals surface area contributed by atoms with E-state index in [-0.39, 0.29) is 5.91 Å². The van der Waals surface area contributed by atoms with E-state index in [2.05, 4.69) is 4.90 Å². The Kier molecular flexibility index (Phi) is 4.98. The van der Waals surface area contributed by atoms with Crippen molar-refractivity contribution in [3.8, 4) is 5.75 Å². The fourth-order valence-corrected chi connectivity index (χ4v) is 2.80. The molecular formula is C18H22N2O3. The highest BCUT2D eigenvalue weighted by Gasteiger charge is 2.22. The summed E-state index contributed by atoms with van der Waals surface area (Å²) in [5.74, 6) is 1.79. The number of furan rings is 1. The number of hydrogen-bond donors (Lipinski definition) is 0. The van der Waals surface area contributed by atoms with Crippen molar-refractivity contribution in [2.75, 3.05) is 32.8 Å². The number of ether oxygens (including phenoxy) is 1. The van der Waals surface area contributed by atoms with E-state index < -0.39 is 0 Å². The third-order valence-corrected chi connectivity index (χ3v) is 4.01. The van der Waals surface area contributed by atoms with Crippen molar-refractivity contribution in [3.05, 3.63) is 54.0 Å². The molecule has 1 aliphatic heterocycles. The second-order valence-corrected chi connectivity index (χ2v) is 5.61. The molecule has 1 saturated heterocycles. The minimum atomic E-state index is 0.0733. The van der Waals surface area contributed by atoms with Crippen LogP contribution in [0.4, 0.5) is 0 Å². The maximum Gasteiger partial charge on any atom is 0.254 e. The molecule has 0 bridgehead atoms. The predicted molar refractivity (Wildman–Crippen MR) is 87.5 cm³/mol. The van der Waals surface area contributed by atoms with E-state index in [4.69, 9.17) is 9.15 Å². The molecule has 0 atom stereocenters. The lowest BCUT2D eigenvalue weighted by Crippen LogP contribution is -2.48. The Hall–Kier alpha value is -2.27. The first-order valence-corrected chi connectivity index (χ1v) is 8.03. The Labute approximate surface area is 136 Å². The Morgan fingerprint density at radius 3 is 2.70 bits per heavy atom. The van der Waals surface area contributed by atoms with Gasteiger partial charge in [-0.2, -0.15) is 0 Å². The van der Waals surface area contributed by atoms with Gasteiger partial charge >= 0.3 is 0 Å². The quantitative estimate of drug-likeness (QED) is 0.851. The van der Waals surface area contributed by atoms with Crippen LogP contribution < -0.4 is 4.74 Å². The number of benzene rings is 1. The molecule has 23 heavy (non-hydrogen) atoms. The largest absolute Gasteiger partial charge is 0.494 e. The van der Waals surface area contributed by atoms with Gasteiger partial charge in [-0.25, -0.2) is 0 Å². The molecule has 5 nitrogen and oxygen atoms in total. The molecule has 3 rings (SSSR count). The lowest BCUT2D eigenvalue weighted by molar-refractivity contribution is 0.0620. The fraction of sp³-hybridized carbons (Fsp3) is 0.389. The minimum absolute atomic E-state index is 0.0733. The lowest BCUT2D eigenvalue weighted by Gasteiger charge is -2.34. The smallest absolute Gasteiger partial charge is 0.254 e. The molecule has 1 aromatic carbocycles. The van der Waals surface area contributed by atoms with Crippen molar-refractivity contribution in [1.82, 2.24) is 9.80 Å². The van der Waals surface area contributed by atoms with Gasteiger partial charge in [-0.15, -0.1) is 0 Å². The van der Waals surface area contributed by atoms with Gasteiger partial charge in [-0.05, 0) is 37.3 Å². The number of hydrogen-bond acceptors (Lipinski definition) is 4. The maximum atomic E-state index is 12.6. The van der Waals surface area contributed by atoms with Crippen LogP contribution in [0.15, 0.2) is 47.1 Å². The Morgan fingerprint density at radius 1 is 1.17 bits per heavy atom. The van der Waals surface area contributed by atoms with Crippen molar-refractivity contribution in [2.45, 2.75) is 13.5 Å². The Morgan fingerprint density at radius 2 is 2.00 bits per heavy atom. The molecule has 122 valence electrons. The van der Waals surface area contributed by atoms with Gasteiger partial charge in [0.1, 0.15) is 11.5 Å². The van der Waals surface area contributed by atoms with Gasteiger partial charge < -0.3 is 14.1 Å². The van der Waals surface area contributed by atoms with E-state index in [1.807, 2.05) is 48.2 Å². The van der Waals surface area contributed by atoms with Crippen molar-refractivity contribution >= 4 is 5.91 Å². The average molecular weight is 314 g/mol. The van der Waals surface area contributed by atoms with Crippen LogP contribution in [0, 0.1) is 0 Å². The minimum Gasteiger partial charge on any atom is -0.494 e. The van der Waals surface area contributed by atoms with Crippen molar-refractivity contribution < 1.29 is 13.9 Å². The molecule has 1 fully saturated rings. The van der Waals surface area contributed by atoms with E-state index >= 15 is 0 Å². The Bertz CT molecular complexity index is 631. The van der Waals surface area contributed by atoms with E-state index in [0.29, 0.717) is 12.2 Å². The topological polar surface area (TPSA) is 45.9 Å². The lowest BCUT2D eigenvalue weighted by atomic mass is 10.1. The van der Waals surface area contributed by atoms with Gasteiger partial charge in [-0.3, -0.25) is 9.69 Å². The molecule has 2 heterocycles. The van der Waals surface area contributed by atoms with Gasteiger partial charge in [0, 0.05) is 31.7 Å². The molecule has 2 aromatic rings. The third-order valence-electron chi connectivity index (χ3n) is 4.01. The van der Waals surface area contributed by atoms with Gasteiger partial charge in [0.05, 0.1) is 19.4 Å². The predicted octanol–water partition coefficient (Wildman–Crippen LogP) is 2.64. The number of carbonyl (C=O) groups is 1. The van der Waals surface area contributed by atoms with Crippen molar-refractivity contribution in [3.63, 3.8) is 0 Å². The summed E-state index contributed by atoms with van der Waals surface area (Å²) in [5.41, 5.74) is 0.690. The fourth-order valence-electron chi connectivity index (χ4n) is 2.80. The van der Waals surface area contributed by atoms with Crippen LogP contribution in [0.25, 0.3) is 0 Å². The first-order chi connectivity index (χ1) is 11.3. The first kappa shape index (κ1) is 15.6. The molecule has 0 N–H and O–H groups in total. The molecular weight excluding hydrogens is 292 g/mol. The highest BCUT2D eigenvalue weighted by atomic mass is 16.5. The highest BCUT2D eigenvalue weighted by Crippen LogP contribution is 2.16. The molecule has 1 aliphatic rings. The van der Waals surface area contributed by atoms with E-state index in [1.54, 1.807) is 6.26 Å². The summed E-state index contributed by atoms with van der Waals surface area (Å²) in [6, 6.07) is 11.3. The van der Waals surface area contributed by atoms with E-state index in [0.717, 1.165) is 44.2 Å². The summed E-state index contributed by atoms with van der Waals surface area (Å²) in [6.07, 6.45) is 1.69. The molecule has 0 saturated carbocycles. The zero-order valence-electron chi connectivity index (χ0n) is 13.4. The SMILES string of the molecule is CCOc1cccc(C(=O)N2CCN(Cc3ccco3)CC2)c1. The van der Waals surface area contributed by atoms with Crippen LogP contribution in [-0.2, 0) is 6.54 Å². The van der Waals surface area contributed by atoms with Crippen LogP contribution in [-0.4, -0.2) is 48.5 Å². The molecule has 1 aromatic heterocycles. The van der Waals surface area contributed by atoms with Crippen LogP contribution in [0.3, 0.4) is 0 Å². The van der Waals surface area contributed by atoms with Gasteiger partial charge in [0.15, 0.2) is 0 Å². The van der Waals surface area contributed by atoms with E-state index in [1.165, 1.54) is 0 Å². The summed E-state index contributed by atoms with van der Waals surface area (Å²) in [4.78, 5) is 16.8. The average Bonchev–Trinajstić information content (AvgIpc) is 3.08. The van der Waals surface area contributed by atoms with Crippen molar-refractivity contribution in [1.29, 1.82) is 0 Å². The summed E-state index contributed by atoms with van der Waals surface area (Å²) >= 11 is 0. The van der Waals surface area contributed by atoms with Crippen LogP contribution in [0.1, 0.15) is 23.0 Å². The van der Waals surface area contributed by atoms with Gasteiger partial charge in [0.2, 0.25) is 0 Å². The van der Waals surface area contributed by atoms with Gasteiger partial charge in [0.25, 0.3) is 5.91 Å². The van der Waals surface area contributed by atoms with Crippen LogP contribution in [0.2, 0.25) is 0 Å². The van der Waals surface area contributed by atoms with Crippen LogP contribution >= 0.6 is 0 Å². The zero-order chi connectivity index (χ0) is 16.1. The monoisotopic (exact) mass is 314 g/mol. The number of rotatable bonds is 5. The zero-order valence-corrected chi connectivity index (χ0v) is 13.4. The molecule has 1 amide bonds. The summed E-state index contributed by atoms with van der Waals surface area (Å²) < 4.78 is 10.9. The van der Waals surface area contributed by atoms with E-state index in [9.17, 15) is 4.79 Å². The third kappa shape index (κ3) is 3.93. The number of nitrogens with zero attached hydrogens (tertiary/aromatic N) is 2. The second-order valence-electron chi connectivity index (χ2n) is 5.61. The standard InChI is InChI=1S/C18H22N2O3/c1-2-22-16-6-3-5-15(13-16)18(21)20-10-8-19(9-11-20)14-17-7-4-12-23-17/h3-7,12-13H,2,8-11,14H2,1H3. The number of carbonyl (C=O) groups excluding carboxylic acids is 1. The maximum absolute atomic E-state index is 12.6. The molecule has 0 radical (unpaired) electrons. The molecule has 0 spiro atoms. The van der Waals surface area contributed by atoms with Crippen LogP contribution in [0.5, 0.6) is 5.75 Å². The highest BCUT2D eigenvalue weighted by molar-refractivity contribution is 5.94. The normalized spacial score (nSPS) is 15.6. The van der Waals surface area contributed by atoms with Gasteiger partial charge in [-0.1, -0.05) is 6.07 Å². The summed E-state index contributed by atoms with van der Waals surface area (Å²) in [5, 5.41) is 0. The molecule has 5 heteroatoms. The second kappa shape index (κ2) is 7.33. The Balaban J connectivity index is 1.56. The number of piperazine rings is 1. The summed E-state index contributed by atoms with van der Waals surface area (Å²) in [7, 11) is 0. The van der Waals surface area contributed by atoms with Crippen molar-refractivity contribution in [2.24, 2.45) is 0 Å².